The number of nitrogens with zero attached hydrogens (tertiary/aromatic N) is 3. The van der Waals surface area contributed by atoms with E-state index in [0.717, 1.165) is 37.2 Å². The van der Waals surface area contributed by atoms with Gasteiger partial charge in [-0.25, -0.2) is 5.01 Å². The fraction of sp³-hybridized carbons (Fsp3) is 0.318. The molecule has 156 valence electrons. The van der Waals surface area contributed by atoms with Crippen molar-refractivity contribution in [3.05, 3.63) is 64.7 Å². The summed E-state index contributed by atoms with van der Waals surface area (Å²) in [6.07, 6.45) is 3.88. The molecular formula is C22H25ClN6O. The molecule has 2 heterocycles. The van der Waals surface area contributed by atoms with Crippen molar-refractivity contribution in [2.45, 2.75) is 31.7 Å². The second-order valence-corrected chi connectivity index (χ2v) is 8.05. The number of nitrogen functional groups attached to an aromatic ring is 1. The third-order valence-corrected chi connectivity index (χ3v) is 5.74. The molecule has 7 nitrogen and oxygen atoms in total. The number of hydrazine groups is 1. The molecular weight excluding hydrogens is 400 g/mol. The molecule has 30 heavy (non-hydrogen) atoms. The van der Waals surface area contributed by atoms with Gasteiger partial charge in [0, 0.05) is 30.1 Å². The predicted molar refractivity (Wildman–Crippen MR) is 120 cm³/mol. The molecule has 8 heteroatoms. The van der Waals surface area contributed by atoms with Gasteiger partial charge in [0.25, 0.3) is 5.91 Å². The largest absolute Gasteiger partial charge is 0.384 e. The number of amides is 1. The molecule has 0 bridgehead atoms. The number of anilines is 1. The zero-order chi connectivity index (χ0) is 21.1. The third-order valence-electron chi connectivity index (χ3n) is 5.49. The summed E-state index contributed by atoms with van der Waals surface area (Å²) < 4.78 is 0. The van der Waals surface area contributed by atoms with E-state index in [9.17, 15) is 4.79 Å². The van der Waals surface area contributed by atoms with Gasteiger partial charge in [-0.2, -0.15) is 5.10 Å². The van der Waals surface area contributed by atoms with Crippen LogP contribution in [0.3, 0.4) is 0 Å². The highest BCUT2D eigenvalue weighted by atomic mass is 35.5. The lowest BCUT2D eigenvalue weighted by Gasteiger charge is -2.26. The maximum atomic E-state index is 12.9. The number of halogens is 1. The Morgan fingerprint density at radius 1 is 1.07 bits per heavy atom. The molecule has 1 saturated heterocycles. The molecule has 2 aromatic carbocycles. The number of rotatable bonds is 5. The minimum Gasteiger partial charge on any atom is -0.384 e. The number of hydrogen-bond acceptors (Lipinski definition) is 5. The maximum absolute atomic E-state index is 12.9. The van der Waals surface area contributed by atoms with E-state index < -0.39 is 0 Å². The van der Waals surface area contributed by atoms with Crippen LogP contribution >= 0.6 is 11.6 Å². The van der Waals surface area contributed by atoms with E-state index in [-0.39, 0.29) is 17.8 Å². The fourth-order valence-electron chi connectivity index (χ4n) is 3.84. The first kappa shape index (κ1) is 20.4. The molecule has 0 radical (unpaired) electrons. The normalized spacial score (nSPS) is 19.4. The monoisotopic (exact) mass is 424 g/mol. The number of nitrogens with one attached hydrogen (secondary N) is 2. The van der Waals surface area contributed by atoms with Gasteiger partial charge in [-0.05, 0) is 54.8 Å². The second kappa shape index (κ2) is 8.85. The van der Waals surface area contributed by atoms with Crippen molar-refractivity contribution in [1.29, 1.82) is 5.41 Å². The van der Waals surface area contributed by atoms with Crippen molar-refractivity contribution in [2.24, 2.45) is 10.8 Å². The van der Waals surface area contributed by atoms with Crippen LogP contribution in [-0.2, 0) is 4.79 Å². The average Bonchev–Trinajstić information content (AvgIpc) is 3.21. The summed E-state index contributed by atoms with van der Waals surface area (Å²) in [7, 11) is 0. The molecule has 4 rings (SSSR count). The van der Waals surface area contributed by atoms with Crippen LogP contribution in [-0.4, -0.2) is 35.6 Å². The van der Waals surface area contributed by atoms with Gasteiger partial charge in [0.05, 0.1) is 11.7 Å². The highest BCUT2D eigenvalue weighted by Crippen LogP contribution is 2.35. The average molecular weight is 425 g/mol. The summed E-state index contributed by atoms with van der Waals surface area (Å²) in [5.74, 6) is -0.138. The summed E-state index contributed by atoms with van der Waals surface area (Å²) >= 11 is 6.06. The van der Waals surface area contributed by atoms with Crippen LogP contribution in [0.15, 0.2) is 53.6 Å². The van der Waals surface area contributed by atoms with Gasteiger partial charge >= 0.3 is 0 Å². The van der Waals surface area contributed by atoms with Crippen LogP contribution in [0.5, 0.6) is 0 Å². The molecule has 0 aromatic heterocycles. The quantitative estimate of drug-likeness (QED) is 0.505. The highest BCUT2D eigenvalue weighted by Gasteiger charge is 2.33. The summed E-state index contributed by atoms with van der Waals surface area (Å²) in [4.78, 5) is 12.9. The lowest BCUT2D eigenvalue weighted by molar-refractivity contribution is -0.119. The zero-order valence-corrected chi connectivity index (χ0v) is 17.4. The maximum Gasteiger partial charge on any atom is 0.281 e. The Bertz CT molecular complexity index is 951. The zero-order valence-electron chi connectivity index (χ0n) is 16.6. The Kier molecular flexibility index (Phi) is 6.01. The van der Waals surface area contributed by atoms with E-state index in [4.69, 9.17) is 22.7 Å². The molecule has 0 saturated carbocycles. The van der Waals surface area contributed by atoms with Crippen LogP contribution in [0.25, 0.3) is 0 Å². The number of piperidine rings is 1. The Morgan fingerprint density at radius 3 is 2.37 bits per heavy atom. The molecule has 1 fully saturated rings. The number of amidine groups is 1. The standard InChI is InChI=1S/C22H25ClN6O/c23-17-8-4-15(5-9-17)20-14-19(22(30)27-28-12-2-1-3-13-28)26-29(20)18-10-6-16(7-11-18)21(24)25/h4-11,20H,1-3,12-14H2,(H3,24,25)(H,27,30). The topological polar surface area (TPSA) is 97.8 Å². The van der Waals surface area contributed by atoms with Gasteiger partial charge in [-0.15, -0.1) is 0 Å². The molecule has 2 aliphatic rings. The van der Waals surface area contributed by atoms with Gasteiger partial charge in [0.1, 0.15) is 11.5 Å². The van der Waals surface area contributed by atoms with E-state index in [0.29, 0.717) is 22.7 Å². The SMILES string of the molecule is N=C(N)c1ccc(N2N=C(C(=O)NN3CCCCC3)CC2c2ccc(Cl)cc2)cc1. The number of carbonyl (C=O) groups is 1. The number of hydrogen-bond donors (Lipinski definition) is 3. The minimum atomic E-state index is -0.154. The second-order valence-electron chi connectivity index (χ2n) is 7.61. The van der Waals surface area contributed by atoms with E-state index in [1.807, 2.05) is 46.4 Å². The van der Waals surface area contributed by atoms with Crippen molar-refractivity contribution in [1.82, 2.24) is 10.4 Å². The summed E-state index contributed by atoms with van der Waals surface area (Å²) in [5, 5.41) is 16.8. The van der Waals surface area contributed by atoms with Crippen molar-refractivity contribution in [2.75, 3.05) is 18.1 Å². The Balaban J connectivity index is 1.60. The molecule has 4 N–H and O–H groups in total. The van der Waals surface area contributed by atoms with Crippen molar-refractivity contribution in [3.63, 3.8) is 0 Å². The molecule has 2 aromatic rings. The number of carbonyl (C=O) groups excluding carboxylic acids is 1. The number of hydrazone groups is 1. The van der Waals surface area contributed by atoms with Gasteiger partial charge in [-0.1, -0.05) is 30.2 Å². The highest BCUT2D eigenvalue weighted by molar-refractivity contribution is 6.39. The number of nitrogens with two attached hydrogens (primary N) is 1. The van der Waals surface area contributed by atoms with Crippen molar-refractivity contribution >= 4 is 34.7 Å². The Morgan fingerprint density at radius 2 is 1.73 bits per heavy atom. The van der Waals surface area contributed by atoms with E-state index in [2.05, 4.69) is 10.5 Å². The molecule has 0 aliphatic carbocycles. The smallest absolute Gasteiger partial charge is 0.281 e. The van der Waals surface area contributed by atoms with Crippen LogP contribution in [0, 0.1) is 5.41 Å². The number of benzene rings is 2. The van der Waals surface area contributed by atoms with Gasteiger partial charge < -0.3 is 5.73 Å². The predicted octanol–water partition coefficient (Wildman–Crippen LogP) is 3.45. The van der Waals surface area contributed by atoms with Gasteiger partial charge in [0.2, 0.25) is 0 Å². The van der Waals surface area contributed by atoms with Crippen molar-refractivity contribution in [3.8, 4) is 0 Å². The van der Waals surface area contributed by atoms with Crippen LogP contribution in [0.4, 0.5) is 5.69 Å². The first-order chi connectivity index (χ1) is 14.5. The minimum absolute atomic E-state index is 0.0160. The van der Waals surface area contributed by atoms with E-state index in [1.54, 1.807) is 12.1 Å². The Labute approximate surface area is 181 Å². The molecule has 1 unspecified atom stereocenters. The first-order valence-corrected chi connectivity index (χ1v) is 10.5. The first-order valence-electron chi connectivity index (χ1n) is 10.1. The lowest BCUT2D eigenvalue weighted by Crippen LogP contribution is -2.47. The van der Waals surface area contributed by atoms with Crippen LogP contribution in [0.2, 0.25) is 5.02 Å². The summed E-state index contributed by atoms with van der Waals surface area (Å²) in [6.45, 7) is 1.74. The fourth-order valence-corrected chi connectivity index (χ4v) is 3.96. The molecule has 2 aliphatic heterocycles. The molecule has 1 amide bonds. The van der Waals surface area contributed by atoms with E-state index >= 15 is 0 Å². The third kappa shape index (κ3) is 4.47. The molecule has 0 spiro atoms. The van der Waals surface area contributed by atoms with Gasteiger partial charge in [-0.3, -0.25) is 20.6 Å². The lowest BCUT2D eigenvalue weighted by atomic mass is 10.0. The summed E-state index contributed by atoms with van der Waals surface area (Å²) in [5.41, 5.74) is 11.6. The Hall–Kier alpha value is -2.90. The van der Waals surface area contributed by atoms with E-state index in [1.165, 1.54) is 6.42 Å². The van der Waals surface area contributed by atoms with Crippen LogP contribution in [0.1, 0.15) is 42.9 Å². The van der Waals surface area contributed by atoms with Crippen molar-refractivity contribution < 1.29 is 4.79 Å². The summed E-state index contributed by atoms with van der Waals surface area (Å²) in [6, 6.07) is 14.8. The molecule has 1 atom stereocenters. The van der Waals surface area contributed by atoms with Gasteiger partial charge in [0.15, 0.2) is 0 Å². The van der Waals surface area contributed by atoms with Crippen LogP contribution < -0.4 is 16.2 Å².